The highest BCUT2D eigenvalue weighted by Crippen LogP contribution is 2.39. The Morgan fingerprint density at radius 2 is 2.16 bits per heavy atom. The Morgan fingerprint density at radius 3 is 2.80 bits per heavy atom. The van der Waals surface area contributed by atoms with Crippen molar-refractivity contribution >= 4 is 11.9 Å². The van der Waals surface area contributed by atoms with Gasteiger partial charge in [-0.15, -0.1) is 0 Å². The van der Waals surface area contributed by atoms with Gasteiger partial charge in [-0.05, 0) is 11.1 Å². The van der Waals surface area contributed by atoms with Crippen molar-refractivity contribution in [1.82, 2.24) is 14.7 Å². The number of aromatic nitrogens is 2. The van der Waals surface area contributed by atoms with E-state index in [2.05, 4.69) is 5.10 Å². The number of hydrogen-bond donors (Lipinski definition) is 1. The van der Waals surface area contributed by atoms with E-state index in [0.717, 1.165) is 16.7 Å². The molecule has 1 amide bonds. The molecule has 2 aromatic rings. The maximum Gasteiger partial charge on any atom is 0.309 e. The maximum atomic E-state index is 12.5. The van der Waals surface area contributed by atoms with E-state index < -0.39 is 17.9 Å². The number of nitrogens with zero attached hydrogens (tertiary/aromatic N) is 3. The third kappa shape index (κ3) is 3.56. The zero-order chi connectivity index (χ0) is 18.0. The van der Waals surface area contributed by atoms with Gasteiger partial charge < -0.3 is 14.7 Å². The predicted molar refractivity (Wildman–Crippen MR) is 89.4 cm³/mol. The Labute approximate surface area is 145 Å². The molecule has 1 fully saturated rings. The molecule has 2 heterocycles. The minimum Gasteiger partial charge on any atom is -0.481 e. The molecule has 1 aliphatic heterocycles. The van der Waals surface area contributed by atoms with E-state index in [-0.39, 0.29) is 12.3 Å². The summed E-state index contributed by atoms with van der Waals surface area (Å²) < 4.78 is 6.77. The number of aliphatic carboxylic acids is 1. The van der Waals surface area contributed by atoms with E-state index in [9.17, 15) is 14.7 Å². The van der Waals surface area contributed by atoms with Crippen LogP contribution < -0.4 is 0 Å². The second kappa shape index (κ2) is 7.06. The van der Waals surface area contributed by atoms with Gasteiger partial charge in [0, 0.05) is 38.9 Å². The summed E-state index contributed by atoms with van der Waals surface area (Å²) in [7, 11) is 3.40. The van der Waals surface area contributed by atoms with Crippen LogP contribution in [0.1, 0.15) is 29.2 Å². The Kier molecular flexibility index (Phi) is 4.85. The predicted octanol–water partition coefficient (Wildman–Crippen LogP) is 1.74. The number of rotatable bonds is 6. The molecule has 132 valence electrons. The molecule has 25 heavy (non-hydrogen) atoms. The lowest BCUT2D eigenvalue weighted by molar-refractivity contribution is -0.142. The molecule has 2 atom stereocenters. The van der Waals surface area contributed by atoms with Crippen molar-refractivity contribution < 1.29 is 19.4 Å². The molecular weight excluding hydrogens is 322 g/mol. The molecule has 0 radical (unpaired) electrons. The van der Waals surface area contributed by atoms with Crippen LogP contribution in [0, 0.1) is 5.92 Å². The van der Waals surface area contributed by atoms with Crippen LogP contribution >= 0.6 is 0 Å². The summed E-state index contributed by atoms with van der Waals surface area (Å²) in [6, 6.07) is 7.27. The molecule has 1 N–H and O–H groups in total. The number of carboxylic acid groups (broad SMARTS) is 1. The van der Waals surface area contributed by atoms with Gasteiger partial charge in [-0.2, -0.15) is 5.10 Å². The number of benzene rings is 1. The first-order chi connectivity index (χ1) is 12.0. The average Bonchev–Trinajstić information content (AvgIpc) is 3.12. The summed E-state index contributed by atoms with van der Waals surface area (Å²) in [5, 5.41) is 13.7. The monoisotopic (exact) mass is 343 g/mol. The number of likely N-dealkylation sites (tertiary alicyclic amines) is 1. The summed E-state index contributed by atoms with van der Waals surface area (Å²) in [4.78, 5) is 25.8. The first-order valence-corrected chi connectivity index (χ1v) is 8.07. The van der Waals surface area contributed by atoms with Crippen molar-refractivity contribution in [2.75, 3.05) is 7.11 Å². The molecule has 1 aromatic carbocycles. The third-order valence-corrected chi connectivity index (χ3v) is 4.47. The van der Waals surface area contributed by atoms with Crippen molar-refractivity contribution in [1.29, 1.82) is 0 Å². The second-order valence-electron chi connectivity index (χ2n) is 6.32. The standard InChI is InChI=1S/C18H21N3O4/c1-20-10-14(8-19-20)17-15(18(23)24)7-16(22)21(17)9-12-4-3-5-13(6-12)11-25-2/h3-6,8,10,15,17H,7,9,11H2,1-2H3,(H,23,24)/t15-,17-/m1/s1. The van der Waals surface area contributed by atoms with Crippen LogP contribution in [0.4, 0.5) is 0 Å². The normalized spacial score (nSPS) is 20.2. The van der Waals surface area contributed by atoms with Crippen LogP contribution in [-0.4, -0.2) is 38.8 Å². The summed E-state index contributed by atoms with van der Waals surface area (Å²) in [5.41, 5.74) is 2.70. The Balaban J connectivity index is 1.90. The molecule has 0 spiro atoms. The topological polar surface area (TPSA) is 84.7 Å². The van der Waals surface area contributed by atoms with E-state index in [4.69, 9.17) is 4.74 Å². The number of hydrogen-bond acceptors (Lipinski definition) is 4. The summed E-state index contributed by atoms with van der Waals surface area (Å²) >= 11 is 0. The van der Waals surface area contributed by atoms with Crippen molar-refractivity contribution in [2.24, 2.45) is 13.0 Å². The van der Waals surface area contributed by atoms with Crippen molar-refractivity contribution in [3.63, 3.8) is 0 Å². The Hall–Kier alpha value is -2.67. The maximum absolute atomic E-state index is 12.5. The Morgan fingerprint density at radius 1 is 1.40 bits per heavy atom. The molecular formula is C18H21N3O4. The van der Waals surface area contributed by atoms with Crippen molar-refractivity contribution in [3.8, 4) is 0 Å². The number of ether oxygens (including phenoxy) is 1. The van der Waals surface area contributed by atoms with Gasteiger partial charge in [0.15, 0.2) is 0 Å². The molecule has 0 bridgehead atoms. The number of aryl methyl sites for hydroxylation is 1. The number of carbonyl (C=O) groups excluding carboxylic acids is 1. The molecule has 0 aliphatic carbocycles. The van der Waals surface area contributed by atoms with E-state index in [1.54, 1.807) is 36.1 Å². The number of amides is 1. The minimum absolute atomic E-state index is 0.00660. The third-order valence-electron chi connectivity index (χ3n) is 4.47. The average molecular weight is 343 g/mol. The highest BCUT2D eigenvalue weighted by atomic mass is 16.5. The molecule has 0 unspecified atom stereocenters. The summed E-state index contributed by atoms with van der Waals surface area (Å²) in [5.74, 6) is -1.88. The molecule has 3 rings (SSSR count). The van der Waals surface area contributed by atoms with Crippen LogP contribution in [0.5, 0.6) is 0 Å². The first-order valence-electron chi connectivity index (χ1n) is 8.07. The van der Waals surface area contributed by atoms with Crippen LogP contribution in [-0.2, 0) is 34.5 Å². The highest BCUT2D eigenvalue weighted by molar-refractivity contribution is 5.87. The largest absolute Gasteiger partial charge is 0.481 e. The van der Waals surface area contributed by atoms with Crippen LogP contribution in [0.2, 0.25) is 0 Å². The van der Waals surface area contributed by atoms with Gasteiger partial charge in [-0.1, -0.05) is 24.3 Å². The van der Waals surface area contributed by atoms with Crippen molar-refractivity contribution in [2.45, 2.75) is 25.6 Å². The fraction of sp³-hybridized carbons (Fsp3) is 0.389. The lowest BCUT2D eigenvalue weighted by Gasteiger charge is -2.26. The van der Waals surface area contributed by atoms with Gasteiger partial charge in [-0.3, -0.25) is 14.3 Å². The van der Waals surface area contributed by atoms with Gasteiger partial charge in [0.2, 0.25) is 5.91 Å². The number of methoxy groups -OCH3 is 1. The molecule has 1 aromatic heterocycles. The van der Waals surface area contributed by atoms with E-state index in [1.165, 1.54) is 0 Å². The number of carboxylic acids is 1. The van der Waals surface area contributed by atoms with Gasteiger partial charge in [-0.25, -0.2) is 0 Å². The Bertz CT molecular complexity index is 786. The quantitative estimate of drug-likeness (QED) is 0.864. The van der Waals surface area contributed by atoms with Crippen LogP contribution in [0.15, 0.2) is 36.7 Å². The van der Waals surface area contributed by atoms with E-state index in [1.807, 2.05) is 24.3 Å². The second-order valence-corrected chi connectivity index (χ2v) is 6.32. The SMILES string of the molecule is COCc1cccc(CN2C(=O)C[C@@H](C(=O)O)[C@H]2c2cnn(C)c2)c1. The molecule has 1 saturated heterocycles. The smallest absolute Gasteiger partial charge is 0.309 e. The molecule has 1 aliphatic rings. The number of carbonyl (C=O) groups is 2. The zero-order valence-corrected chi connectivity index (χ0v) is 14.3. The van der Waals surface area contributed by atoms with Gasteiger partial charge in [0.1, 0.15) is 0 Å². The molecule has 7 nitrogen and oxygen atoms in total. The lowest BCUT2D eigenvalue weighted by atomic mass is 9.95. The fourth-order valence-corrected chi connectivity index (χ4v) is 3.38. The lowest BCUT2D eigenvalue weighted by Crippen LogP contribution is -2.30. The van der Waals surface area contributed by atoms with Crippen LogP contribution in [0.3, 0.4) is 0 Å². The van der Waals surface area contributed by atoms with Crippen molar-refractivity contribution in [3.05, 3.63) is 53.3 Å². The van der Waals surface area contributed by atoms with Crippen LogP contribution in [0.25, 0.3) is 0 Å². The van der Waals surface area contributed by atoms with Gasteiger partial charge in [0.25, 0.3) is 0 Å². The first kappa shape index (κ1) is 17.2. The molecule has 0 saturated carbocycles. The van der Waals surface area contributed by atoms with E-state index >= 15 is 0 Å². The fourth-order valence-electron chi connectivity index (χ4n) is 3.38. The summed E-state index contributed by atoms with van der Waals surface area (Å²) in [6.45, 7) is 0.852. The zero-order valence-electron chi connectivity index (χ0n) is 14.3. The highest BCUT2D eigenvalue weighted by Gasteiger charge is 2.45. The van der Waals surface area contributed by atoms with E-state index in [0.29, 0.717) is 13.2 Å². The summed E-state index contributed by atoms with van der Waals surface area (Å²) in [6.07, 6.45) is 3.41. The van der Waals surface area contributed by atoms with Gasteiger partial charge in [0.05, 0.1) is 24.8 Å². The minimum atomic E-state index is -0.960. The van der Waals surface area contributed by atoms with Gasteiger partial charge >= 0.3 is 5.97 Å². The molecule has 7 heteroatoms.